The molecule has 0 aliphatic carbocycles. The topological polar surface area (TPSA) is 12.5 Å². The molecule has 2 nitrogen and oxygen atoms in total. The minimum Gasteiger partial charge on any atom is -0.456 e. The van der Waals surface area contributed by atoms with Gasteiger partial charge < -0.3 is 9.64 Å². The van der Waals surface area contributed by atoms with Crippen molar-refractivity contribution in [3.05, 3.63) is 170 Å². The summed E-state index contributed by atoms with van der Waals surface area (Å²) >= 11 is 0. The Morgan fingerprint density at radius 3 is 1.87 bits per heavy atom. The molecule has 0 fully saturated rings. The van der Waals surface area contributed by atoms with Crippen molar-refractivity contribution in [1.29, 1.82) is 0 Å². The molecule has 0 spiro atoms. The van der Waals surface area contributed by atoms with E-state index >= 15 is 0 Å². The summed E-state index contributed by atoms with van der Waals surface area (Å²) in [5.41, 5.74) is 9.57. The van der Waals surface area contributed by atoms with E-state index in [1.165, 1.54) is 53.9 Å². The van der Waals surface area contributed by atoms with Crippen molar-refractivity contribution in [1.82, 2.24) is 0 Å². The number of anilines is 3. The molecule has 9 rings (SSSR count). The zero-order valence-corrected chi connectivity index (χ0v) is 33.8. The summed E-state index contributed by atoms with van der Waals surface area (Å²) in [5, 5.41) is 7.86. The molecule has 0 saturated carbocycles. The van der Waals surface area contributed by atoms with E-state index in [2.05, 4.69) is 207 Å². The van der Waals surface area contributed by atoms with Crippen LogP contribution in [0, 0.1) is 0 Å². The van der Waals surface area contributed by atoms with Gasteiger partial charge in [-0.15, -0.1) is 0 Å². The van der Waals surface area contributed by atoms with Gasteiger partial charge in [-0.05, 0) is 64.2 Å². The predicted octanol–water partition coefficient (Wildman–Crippen LogP) is 9.99. The van der Waals surface area contributed by atoms with Crippen molar-refractivity contribution in [2.45, 2.75) is 32.7 Å². The average Bonchev–Trinajstić information content (AvgIpc) is 3.19. The molecule has 262 valence electrons. The SMILES string of the molecule is C[SiH](C)c1ccc(N(c2ccc([Si](C)(C)C)cc2)c2ccc3c(c2)Oc2cccc4c(B(c5ccccc5)c5cccc6ccccc56)ccc-3c24)cc1. The minimum atomic E-state index is -1.44. The van der Waals surface area contributed by atoms with E-state index in [-0.39, 0.29) is 6.71 Å². The second kappa shape index (κ2) is 13.7. The Bertz CT molecular complexity index is 2640. The number of ether oxygens (including phenoxy) is 1. The van der Waals surface area contributed by atoms with Crippen LogP contribution in [0.3, 0.4) is 0 Å². The lowest BCUT2D eigenvalue weighted by atomic mass is 9.35. The van der Waals surface area contributed by atoms with Gasteiger partial charge in [0.2, 0.25) is 6.71 Å². The van der Waals surface area contributed by atoms with Crippen LogP contribution in [0.15, 0.2) is 170 Å². The fraction of sp³-hybridized carbons (Fsp3) is 0.102. The number of nitrogens with zero attached hydrogens (tertiary/aromatic N) is 1. The predicted molar refractivity (Wildman–Crippen MR) is 241 cm³/mol. The van der Waals surface area contributed by atoms with Gasteiger partial charge in [0, 0.05) is 34.1 Å². The lowest BCUT2D eigenvalue weighted by molar-refractivity contribution is 0.487. The molecule has 0 radical (unpaired) electrons. The van der Waals surface area contributed by atoms with E-state index in [0.717, 1.165) is 34.1 Å². The second-order valence-corrected chi connectivity index (χ2v) is 24.0. The van der Waals surface area contributed by atoms with Gasteiger partial charge in [0.25, 0.3) is 0 Å². The largest absolute Gasteiger partial charge is 0.456 e. The number of hydrogen-bond acceptors (Lipinski definition) is 2. The van der Waals surface area contributed by atoms with Crippen molar-refractivity contribution >= 4 is 89.0 Å². The first-order valence-electron chi connectivity index (χ1n) is 19.2. The van der Waals surface area contributed by atoms with Gasteiger partial charge in [0.1, 0.15) is 11.5 Å². The Hall–Kier alpha value is -5.62. The lowest BCUT2D eigenvalue weighted by Gasteiger charge is -2.29. The van der Waals surface area contributed by atoms with Gasteiger partial charge in [-0.3, -0.25) is 0 Å². The van der Waals surface area contributed by atoms with Crippen LogP contribution < -0.4 is 36.4 Å². The molecule has 0 N–H and O–H groups in total. The third kappa shape index (κ3) is 6.08. The standard InChI is InChI=1S/C49H44BNOSi2/c1-53(2)39-26-21-36(22-27-39)51(37-23-28-40(29-24-37)54(3,4)5)38-25-30-42-43-31-32-46(44-18-12-20-47(49(43)44)52-48(42)33-38)50(35-15-7-6-8-16-35)45-19-11-14-34-13-9-10-17-41(34)45/h6-33,53H,1-5H3. The third-order valence-electron chi connectivity index (χ3n) is 11.2. The number of rotatable bonds is 8. The van der Waals surface area contributed by atoms with E-state index in [9.17, 15) is 0 Å². The number of fused-ring (bicyclic) bond motifs is 3. The summed E-state index contributed by atoms with van der Waals surface area (Å²) in [6, 6.07) is 62.8. The van der Waals surface area contributed by atoms with E-state index in [1.54, 1.807) is 0 Å². The summed E-state index contributed by atoms with van der Waals surface area (Å²) < 4.78 is 6.93. The summed E-state index contributed by atoms with van der Waals surface area (Å²) in [6.07, 6.45) is 0. The molecule has 1 aliphatic heterocycles. The summed E-state index contributed by atoms with van der Waals surface area (Å²) in [4.78, 5) is 2.37. The van der Waals surface area contributed by atoms with E-state index in [1.807, 2.05) is 0 Å². The van der Waals surface area contributed by atoms with Crippen LogP contribution in [0.1, 0.15) is 0 Å². The molecule has 8 aromatic rings. The molecule has 0 amide bonds. The van der Waals surface area contributed by atoms with Gasteiger partial charge in [-0.2, -0.15) is 0 Å². The van der Waals surface area contributed by atoms with Crippen LogP contribution in [0.25, 0.3) is 32.7 Å². The van der Waals surface area contributed by atoms with Gasteiger partial charge in [0.05, 0.1) is 16.9 Å². The first-order valence-corrected chi connectivity index (χ1v) is 25.5. The van der Waals surface area contributed by atoms with Crippen LogP contribution in [0.5, 0.6) is 11.5 Å². The zero-order valence-electron chi connectivity index (χ0n) is 31.7. The van der Waals surface area contributed by atoms with E-state index in [4.69, 9.17) is 4.74 Å². The molecule has 0 saturated heterocycles. The molecule has 0 bridgehead atoms. The van der Waals surface area contributed by atoms with Crippen LogP contribution in [-0.4, -0.2) is 23.6 Å². The Morgan fingerprint density at radius 2 is 1.13 bits per heavy atom. The molecular weight excluding hydrogens is 686 g/mol. The Morgan fingerprint density at radius 1 is 0.519 bits per heavy atom. The highest BCUT2D eigenvalue weighted by Gasteiger charge is 2.29. The molecule has 1 aliphatic rings. The number of benzene rings is 8. The average molecular weight is 730 g/mol. The highest BCUT2D eigenvalue weighted by Crippen LogP contribution is 2.48. The Balaban J connectivity index is 1.18. The third-order valence-corrected chi connectivity index (χ3v) is 14.9. The smallest absolute Gasteiger partial charge is 0.242 e. The monoisotopic (exact) mass is 729 g/mol. The fourth-order valence-corrected chi connectivity index (χ4v) is 10.4. The highest BCUT2D eigenvalue weighted by molar-refractivity contribution is 6.98. The van der Waals surface area contributed by atoms with Crippen molar-refractivity contribution in [2.24, 2.45) is 0 Å². The second-order valence-electron chi connectivity index (χ2n) is 16.0. The van der Waals surface area contributed by atoms with Crippen molar-refractivity contribution < 1.29 is 4.74 Å². The minimum absolute atomic E-state index is 0.0519. The maximum Gasteiger partial charge on any atom is 0.242 e. The quantitative estimate of drug-likeness (QED) is 0.145. The molecule has 5 heteroatoms. The highest BCUT2D eigenvalue weighted by atomic mass is 28.3. The molecule has 8 aromatic carbocycles. The molecule has 1 heterocycles. The van der Waals surface area contributed by atoms with Crippen molar-refractivity contribution in [3.63, 3.8) is 0 Å². The first-order chi connectivity index (χ1) is 26.2. The Kier molecular flexibility index (Phi) is 8.64. The van der Waals surface area contributed by atoms with E-state index in [0.29, 0.717) is 0 Å². The van der Waals surface area contributed by atoms with Gasteiger partial charge in [-0.25, -0.2) is 0 Å². The van der Waals surface area contributed by atoms with Crippen LogP contribution in [0.4, 0.5) is 17.1 Å². The first kappa shape index (κ1) is 34.2. The van der Waals surface area contributed by atoms with Crippen molar-refractivity contribution in [2.75, 3.05) is 4.90 Å². The molecular formula is C49H44BNOSi2. The summed E-state index contributed by atoms with van der Waals surface area (Å²) in [5.74, 6) is 1.78. The normalized spacial score (nSPS) is 12.1. The molecule has 0 atom stereocenters. The van der Waals surface area contributed by atoms with Crippen molar-refractivity contribution in [3.8, 4) is 22.6 Å². The van der Waals surface area contributed by atoms with Gasteiger partial charge in [-0.1, -0.05) is 181 Å². The van der Waals surface area contributed by atoms with Crippen LogP contribution in [-0.2, 0) is 0 Å². The molecule has 0 aromatic heterocycles. The van der Waals surface area contributed by atoms with Crippen LogP contribution >= 0.6 is 0 Å². The van der Waals surface area contributed by atoms with Gasteiger partial charge >= 0.3 is 0 Å². The maximum atomic E-state index is 6.93. The Labute approximate surface area is 322 Å². The number of hydrogen-bond donors (Lipinski definition) is 0. The molecule has 0 unspecified atom stereocenters. The summed E-state index contributed by atoms with van der Waals surface area (Å²) in [6.45, 7) is 12.0. The zero-order chi connectivity index (χ0) is 37.0. The maximum absolute atomic E-state index is 6.93. The van der Waals surface area contributed by atoms with Crippen LogP contribution in [0.2, 0.25) is 32.7 Å². The summed E-state index contributed by atoms with van der Waals surface area (Å²) in [7, 11) is -2.36. The fourth-order valence-electron chi connectivity index (χ4n) is 8.27. The molecule has 54 heavy (non-hydrogen) atoms. The van der Waals surface area contributed by atoms with Gasteiger partial charge in [0.15, 0.2) is 0 Å². The van der Waals surface area contributed by atoms with E-state index < -0.39 is 16.9 Å². The lowest BCUT2D eigenvalue weighted by Crippen LogP contribution is -2.52.